The lowest BCUT2D eigenvalue weighted by molar-refractivity contribution is 0.523. The van der Waals surface area contributed by atoms with Gasteiger partial charge < -0.3 is 0 Å². The van der Waals surface area contributed by atoms with Crippen molar-refractivity contribution in [2.75, 3.05) is 0 Å². The lowest BCUT2D eigenvalue weighted by atomic mass is 9.95. The molecule has 1 aromatic carbocycles. The Balaban J connectivity index is 2.48. The van der Waals surface area contributed by atoms with E-state index in [0.717, 1.165) is 16.7 Å². The third-order valence-electron chi connectivity index (χ3n) is 2.99. The Labute approximate surface area is 101 Å². The van der Waals surface area contributed by atoms with E-state index < -0.39 is 0 Å². The van der Waals surface area contributed by atoms with Gasteiger partial charge in [-0.1, -0.05) is 32.4 Å². The van der Waals surface area contributed by atoms with Gasteiger partial charge in [0.2, 0.25) is 0 Å². The monoisotopic (exact) mass is 234 g/mol. The molecule has 0 spiro atoms. The van der Waals surface area contributed by atoms with Crippen molar-refractivity contribution in [3.05, 3.63) is 35.1 Å². The van der Waals surface area contributed by atoms with Crippen LogP contribution < -0.4 is 0 Å². The number of nitrogens with zero attached hydrogens (tertiary/aromatic N) is 2. The van der Waals surface area contributed by atoms with Gasteiger partial charge in [-0.25, -0.2) is 4.98 Å². The van der Waals surface area contributed by atoms with E-state index in [1.54, 1.807) is 0 Å². The van der Waals surface area contributed by atoms with E-state index in [4.69, 9.17) is 11.6 Å². The van der Waals surface area contributed by atoms with Crippen LogP contribution in [-0.4, -0.2) is 9.97 Å². The largest absolute Gasteiger partial charge is 0.253 e. The molecule has 1 heterocycles. The summed E-state index contributed by atoms with van der Waals surface area (Å²) in [7, 11) is 0. The van der Waals surface area contributed by atoms with Crippen molar-refractivity contribution < 1.29 is 0 Å². The van der Waals surface area contributed by atoms with Crippen LogP contribution in [0.1, 0.15) is 32.4 Å². The van der Waals surface area contributed by atoms with E-state index in [0.29, 0.717) is 16.9 Å². The highest BCUT2D eigenvalue weighted by Crippen LogP contribution is 2.23. The van der Waals surface area contributed by atoms with Crippen LogP contribution in [-0.2, 0) is 0 Å². The summed E-state index contributed by atoms with van der Waals surface area (Å²) < 4.78 is 0. The molecule has 2 aromatic rings. The molecular weight excluding hydrogens is 220 g/mol. The van der Waals surface area contributed by atoms with Crippen molar-refractivity contribution in [3.8, 4) is 0 Å². The minimum atomic E-state index is 0.424. The molecule has 2 nitrogen and oxygen atoms in total. The Morgan fingerprint density at radius 3 is 2.56 bits per heavy atom. The first-order valence-corrected chi connectivity index (χ1v) is 5.88. The zero-order chi connectivity index (χ0) is 11.7. The minimum Gasteiger partial charge on any atom is -0.253 e. The Morgan fingerprint density at radius 2 is 1.88 bits per heavy atom. The third-order valence-corrected chi connectivity index (χ3v) is 3.22. The summed E-state index contributed by atoms with van der Waals surface area (Å²) in [5.74, 6) is 0.992. The Hall–Kier alpha value is -1.15. The molecule has 1 aromatic heterocycles. The van der Waals surface area contributed by atoms with Crippen LogP contribution in [0.3, 0.4) is 0 Å². The van der Waals surface area contributed by atoms with Crippen LogP contribution in [0.15, 0.2) is 24.4 Å². The molecule has 0 aliphatic rings. The first kappa shape index (κ1) is 11.3. The fourth-order valence-corrected chi connectivity index (χ4v) is 1.73. The molecule has 0 fully saturated rings. The maximum absolute atomic E-state index is 5.90. The molecular formula is C13H15ClN2. The molecule has 3 heteroatoms. The second-order valence-corrected chi connectivity index (χ2v) is 4.90. The first-order valence-electron chi connectivity index (χ1n) is 5.50. The molecule has 1 unspecified atom stereocenters. The van der Waals surface area contributed by atoms with Crippen molar-refractivity contribution in [2.45, 2.75) is 26.7 Å². The van der Waals surface area contributed by atoms with E-state index in [-0.39, 0.29) is 0 Å². The summed E-state index contributed by atoms with van der Waals surface area (Å²) in [6, 6.07) is 5.61. The molecule has 0 saturated carbocycles. The van der Waals surface area contributed by atoms with E-state index >= 15 is 0 Å². The van der Waals surface area contributed by atoms with Gasteiger partial charge in [0.25, 0.3) is 0 Å². The smallest absolute Gasteiger partial charge is 0.0901 e. The quantitative estimate of drug-likeness (QED) is 0.784. The van der Waals surface area contributed by atoms with Gasteiger partial charge in [0.05, 0.1) is 16.7 Å². The molecule has 0 aliphatic carbocycles. The average molecular weight is 235 g/mol. The third kappa shape index (κ3) is 2.17. The van der Waals surface area contributed by atoms with Crippen molar-refractivity contribution in [2.24, 2.45) is 5.92 Å². The Morgan fingerprint density at radius 1 is 1.12 bits per heavy atom. The average Bonchev–Trinajstić information content (AvgIpc) is 2.27. The first-order chi connectivity index (χ1) is 7.58. The summed E-state index contributed by atoms with van der Waals surface area (Å²) in [6.45, 7) is 6.56. The molecule has 0 N–H and O–H groups in total. The molecule has 0 bridgehead atoms. The van der Waals surface area contributed by atoms with Crippen molar-refractivity contribution in [3.63, 3.8) is 0 Å². The molecule has 84 valence electrons. The SMILES string of the molecule is CC(C)C(C)c1cnc2cc(Cl)ccc2n1. The Kier molecular flexibility index (Phi) is 3.10. The fourth-order valence-electron chi connectivity index (χ4n) is 1.56. The van der Waals surface area contributed by atoms with Crippen LogP contribution in [0, 0.1) is 5.92 Å². The summed E-state index contributed by atoms with van der Waals surface area (Å²) in [4.78, 5) is 9.01. The van der Waals surface area contributed by atoms with Crippen molar-refractivity contribution in [1.82, 2.24) is 9.97 Å². The molecule has 2 rings (SSSR count). The highest BCUT2D eigenvalue weighted by molar-refractivity contribution is 6.31. The summed E-state index contributed by atoms with van der Waals surface area (Å²) >= 11 is 5.90. The van der Waals surface area contributed by atoms with Gasteiger partial charge in [0, 0.05) is 17.1 Å². The van der Waals surface area contributed by atoms with Crippen LogP contribution in [0.4, 0.5) is 0 Å². The van der Waals surface area contributed by atoms with Gasteiger partial charge in [0.1, 0.15) is 0 Å². The maximum Gasteiger partial charge on any atom is 0.0901 e. The molecule has 0 amide bonds. The molecule has 1 atom stereocenters. The van der Waals surface area contributed by atoms with E-state index in [2.05, 4.69) is 30.7 Å². The van der Waals surface area contributed by atoms with Gasteiger partial charge >= 0.3 is 0 Å². The van der Waals surface area contributed by atoms with Crippen molar-refractivity contribution in [1.29, 1.82) is 0 Å². The number of hydrogen-bond donors (Lipinski definition) is 0. The summed E-state index contributed by atoms with van der Waals surface area (Å²) in [5, 5.41) is 0.700. The molecule has 0 radical (unpaired) electrons. The zero-order valence-corrected chi connectivity index (χ0v) is 10.5. The van der Waals surface area contributed by atoms with Gasteiger partial charge in [-0.3, -0.25) is 4.98 Å². The minimum absolute atomic E-state index is 0.424. The predicted molar refractivity (Wildman–Crippen MR) is 67.8 cm³/mol. The van der Waals surface area contributed by atoms with Crippen LogP contribution >= 0.6 is 11.6 Å². The molecule has 0 saturated heterocycles. The lowest BCUT2D eigenvalue weighted by Crippen LogP contribution is -2.05. The fraction of sp³-hybridized carbons (Fsp3) is 0.385. The normalized spacial score (nSPS) is 13.3. The van der Waals surface area contributed by atoms with Crippen LogP contribution in [0.5, 0.6) is 0 Å². The van der Waals surface area contributed by atoms with Crippen LogP contribution in [0.2, 0.25) is 5.02 Å². The highest BCUT2D eigenvalue weighted by Gasteiger charge is 2.12. The summed E-state index contributed by atoms with van der Waals surface area (Å²) in [5.41, 5.74) is 2.81. The summed E-state index contributed by atoms with van der Waals surface area (Å²) in [6.07, 6.45) is 1.85. The number of aromatic nitrogens is 2. The topological polar surface area (TPSA) is 25.8 Å². The number of rotatable bonds is 2. The maximum atomic E-state index is 5.90. The second kappa shape index (κ2) is 4.38. The molecule has 16 heavy (non-hydrogen) atoms. The zero-order valence-electron chi connectivity index (χ0n) is 9.74. The van der Waals surface area contributed by atoms with Gasteiger partial charge in [-0.15, -0.1) is 0 Å². The van der Waals surface area contributed by atoms with Gasteiger partial charge in [-0.2, -0.15) is 0 Å². The number of benzene rings is 1. The second-order valence-electron chi connectivity index (χ2n) is 4.46. The lowest BCUT2D eigenvalue weighted by Gasteiger charge is -2.14. The van der Waals surface area contributed by atoms with Gasteiger partial charge in [0.15, 0.2) is 0 Å². The molecule has 0 aliphatic heterocycles. The Bertz CT molecular complexity index is 508. The van der Waals surface area contributed by atoms with E-state index in [9.17, 15) is 0 Å². The number of fused-ring (bicyclic) bond motifs is 1. The number of halogens is 1. The standard InChI is InChI=1S/C13H15ClN2/c1-8(2)9(3)13-7-15-12-6-10(14)4-5-11(12)16-13/h4-9H,1-3H3. The number of hydrogen-bond acceptors (Lipinski definition) is 2. The van der Waals surface area contributed by atoms with Gasteiger partial charge in [-0.05, 0) is 24.1 Å². The van der Waals surface area contributed by atoms with Crippen LogP contribution in [0.25, 0.3) is 11.0 Å². The highest BCUT2D eigenvalue weighted by atomic mass is 35.5. The van der Waals surface area contributed by atoms with E-state index in [1.165, 1.54) is 0 Å². The van der Waals surface area contributed by atoms with Crippen molar-refractivity contribution >= 4 is 22.6 Å². The predicted octanol–water partition coefficient (Wildman–Crippen LogP) is 4.04. The van der Waals surface area contributed by atoms with E-state index in [1.807, 2.05) is 24.4 Å².